The van der Waals surface area contributed by atoms with E-state index < -0.39 is 11.9 Å². The van der Waals surface area contributed by atoms with Crippen LogP contribution in [0.4, 0.5) is 5.69 Å². The van der Waals surface area contributed by atoms with Crippen LogP contribution in [0.1, 0.15) is 22.3 Å². The topological polar surface area (TPSA) is 103 Å². The smallest absolute Gasteiger partial charge is 0.341 e. The molecule has 0 bridgehead atoms. The number of ether oxygens (including phenoxy) is 4. The van der Waals surface area contributed by atoms with Crippen molar-refractivity contribution in [3.05, 3.63) is 46.5 Å². The van der Waals surface area contributed by atoms with Crippen molar-refractivity contribution in [1.29, 1.82) is 0 Å². The van der Waals surface area contributed by atoms with Crippen molar-refractivity contribution < 1.29 is 33.3 Å². The number of benzene rings is 2. The Bertz CT molecular complexity index is 1070. The number of carbonyl (C=O) groups excluding carboxylic acids is 3. The largest absolute Gasteiger partial charge is 0.496 e. The highest BCUT2D eigenvalue weighted by molar-refractivity contribution is 6.32. The molecule has 1 heterocycles. The molecule has 0 spiro atoms. The van der Waals surface area contributed by atoms with Gasteiger partial charge in [-0.15, -0.1) is 0 Å². The molecular formula is C23H25ClN2O7. The summed E-state index contributed by atoms with van der Waals surface area (Å²) in [4.78, 5) is 38.9. The van der Waals surface area contributed by atoms with Crippen LogP contribution in [0.15, 0.2) is 30.3 Å². The summed E-state index contributed by atoms with van der Waals surface area (Å²) in [6, 6.07) is 8.15. The molecule has 1 saturated heterocycles. The van der Waals surface area contributed by atoms with E-state index in [1.165, 1.54) is 33.3 Å². The Morgan fingerprint density at radius 2 is 1.73 bits per heavy atom. The van der Waals surface area contributed by atoms with E-state index in [2.05, 4.69) is 5.32 Å². The number of nitrogens with one attached hydrogen (secondary N) is 1. The highest BCUT2D eigenvalue weighted by atomic mass is 35.5. The third-order valence-corrected chi connectivity index (χ3v) is 5.67. The predicted octanol–water partition coefficient (Wildman–Crippen LogP) is 2.82. The first kappa shape index (κ1) is 24.2. The fourth-order valence-electron chi connectivity index (χ4n) is 3.64. The zero-order valence-corrected chi connectivity index (χ0v) is 19.5. The molecule has 9 nitrogen and oxygen atoms in total. The second-order valence-electron chi connectivity index (χ2n) is 7.31. The van der Waals surface area contributed by atoms with Gasteiger partial charge in [0, 0.05) is 25.6 Å². The molecule has 0 saturated carbocycles. The first-order valence-electron chi connectivity index (χ1n) is 10.1. The van der Waals surface area contributed by atoms with Gasteiger partial charge in [0.1, 0.15) is 22.8 Å². The van der Waals surface area contributed by atoms with Gasteiger partial charge in [-0.05, 0) is 23.8 Å². The number of amides is 2. The molecular weight excluding hydrogens is 452 g/mol. The maximum atomic E-state index is 12.8. The number of hydrogen-bond donors (Lipinski definition) is 1. The van der Waals surface area contributed by atoms with Gasteiger partial charge in [0.2, 0.25) is 11.8 Å². The molecule has 1 N–H and O–H groups in total. The van der Waals surface area contributed by atoms with Crippen molar-refractivity contribution in [2.24, 2.45) is 5.92 Å². The monoisotopic (exact) mass is 476 g/mol. The number of carbonyl (C=O) groups is 3. The summed E-state index contributed by atoms with van der Waals surface area (Å²) in [7, 11) is 5.70. The SMILES string of the molecule is COC(=O)c1cc(CNC(=O)[C@@H]2CC(=O)N(c3cc(Cl)c(OC)cc3OC)C2)ccc1OC. The first-order chi connectivity index (χ1) is 15.8. The molecule has 3 rings (SSSR count). The van der Waals surface area contributed by atoms with Crippen LogP contribution in [0.5, 0.6) is 17.2 Å². The molecule has 1 atom stereocenters. The van der Waals surface area contributed by atoms with Crippen molar-refractivity contribution in [2.45, 2.75) is 13.0 Å². The van der Waals surface area contributed by atoms with Crippen LogP contribution >= 0.6 is 11.6 Å². The van der Waals surface area contributed by atoms with Gasteiger partial charge in [-0.2, -0.15) is 0 Å². The van der Waals surface area contributed by atoms with Gasteiger partial charge in [-0.25, -0.2) is 4.79 Å². The van der Waals surface area contributed by atoms with E-state index in [-0.39, 0.29) is 36.9 Å². The van der Waals surface area contributed by atoms with E-state index in [0.717, 1.165) is 0 Å². The van der Waals surface area contributed by atoms with Crippen LogP contribution in [-0.2, 0) is 20.9 Å². The lowest BCUT2D eigenvalue weighted by molar-refractivity contribution is -0.126. The number of hydrogen-bond acceptors (Lipinski definition) is 7. The number of halogens is 1. The molecule has 1 aliphatic rings. The maximum Gasteiger partial charge on any atom is 0.341 e. The molecule has 10 heteroatoms. The standard InChI is InChI=1S/C23H25ClN2O7/c1-30-18-6-5-13(7-15(18)23(29)33-4)11-25-22(28)14-8-21(27)26(12-14)17-9-16(24)19(31-2)10-20(17)32-3/h5-7,9-10,14H,8,11-12H2,1-4H3,(H,25,28)/t14-/m1/s1. The summed E-state index contributed by atoms with van der Waals surface area (Å²) < 4.78 is 20.5. The molecule has 2 amide bonds. The second kappa shape index (κ2) is 10.4. The molecule has 176 valence electrons. The Kier molecular flexibility index (Phi) is 7.65. The van der Waals surface area contributed by atoms with Crippen LogP contribution in [0.25, 0.3) is 0 Å². The van der Waals surface area contributed by atoms with E-state index >= 15 is 0 Å². The van der Waals surface area contributed by atoms with Crippen molar-refractivity contribution in [3.8, 4) is 17.2 Å². The summed E-state index contributed by atoms with van der Waals surface area (Å²) in [6.07, 6.45) is 0.0503. The second-order valence-corrected chi connectivity index (χ2v) is 7.72. The molecule has 0 aromatic heterocycles. The first-order valence-corrected chi connectivity index (χ1v) is 10.5. The van der Waals surface area contributed by atoms with Gasteiger partial charge in [0.25, 0.3) is 0 Å². The third kappa shape index (κ3) is 5.14. The van der Waals surface area contributed by atoms with Crippen LogP contribution in [0, 0.1) is 5.92 Å². The Hall–Kier alpha value is -3.46. The summed E-state index contributed by atoms with van der Waals surface area (Å²) in [5.74, 6) is -0.373. The average molecular weight is 477 g/mol. The van der Waals surface area contributed by atoms with E-state index in [4.69, 9.17) is 30.5 Å². The third-order valence-electron chi connectivity index (χ3n) is 5.38. The van der Waals surface area contributed by atoms with Crippen molar-refractivity contribution >= 4 is 35.1 Å². The van der Waals surface area contributed by atoms with Crippen LogP contribution in [-0.4, -0.2) is 52.8 Å². The van der Waals surface area contributed by atoms with Crippen molar-refractivity contribution in [2.75, 3.05) is 39.9 Å². The number of esters is 1. The van der Waals surface area contributed by atoms with E-state index in [1.807, 2.05) is 0 Å². The van der Waals surface area contributed by atoms with Gasteiger partial charge in [-0.1, -0.05) is 17.7 Å². The predicted molar refractivity (Wildman–Crippen MR) is 121 cm³/mol. The number of nitrogens with zero attached hydrogens (tertiary/aromatic N) is 1. The Labute approximate surface area is 196 Å². The summed E-state index contributed by atoms with van der Waals surface area (Å²) in [6.45, 7) is 0.356. The lowest BCUT2D eigenvalue weighted by atomic mass is 10.1. The highest BCUT2D eigenvalue weighted by Gasteiger charge is 2.36. The Morgan fingerprint density at radius 1 is 1.03 bits per heavy atom. The number of rotatable bonds is 8. The molecule has 2 aromatic carbocycles. The molecule has 1 aliphatic heterocycles. The van der Waals surface area contributed by atoms with E-state index in [9.17, 15) is 14.4 Å². The molecule has 2 aromatic rings. The normalized spacial score (nSPS) is 15.2. The van der Waals surface area contributed by atoms with Crippen LogP contribution in [0.2, 0.25) is 5.02 Å². The maximum absolute atomic E-state index is 12.8. The molecule has 0 radical (unpaired) electrons. The van der Waals surface area contributed by atoms with E-state index in [1.54, 1.807) is 30.3 Å². The number of anilines is 1. The zero-order chi connectivity index (χ0) is 24.1. The zero-order valence-electron chi connectivity index (χ0n) is 18.8. The van der Waals surface area contributed by atoms with Crippen LogP contribution in [0.3, 0.4) is 0 Å². The minimum absolute atomic E-state index is 0.0503. The molecule has 1 fully saturated rings. The summed E-state index contributed by atoms with van der Waals surface area (Å²) in [5.41, 5.74) is 1.42. The van der Waals surface area contributed by atoms with E-state index in [0.29, 0.717) is 33.5 Å². The minimum Gasteiger partial charge on any atom is -0.496 e. The lowest BCUT2D eigenvalue weighted by Gasteiger charge is -2.21. The summed E-state index contributed by atoms with van der Waals surface area (Å²) >= 11 is 6.23. The van der Waals surface area contributed by atoms with Gasteiger partial charge >= 0.3 is 5.97 Å². The van der Waals surface area contributed by atoms with Crippen LogP contribution < -0.4 is 24.4 Å². The fourth-order valence-corrected chi connectivity index (χ4v) is 3.87. The highest BCUT2D eigenvalue weighted by Crippen LogP contribution is 2.40. The minimum atomic E-state index is -0.554. The molecule has 33 heavy (non-hydrogen) atoms. The van der Waals surface area contributed by atoms with Gasteiger partial charge in [0.15, 0.2) is 0 Å². The number of methoxy groups -OCH3 is 4. The quantitative estimate of drug-likeness (QED) is 0.584. The van der Waals surface area contributed by atoms with Gasteiger partial charge in [0.05, 0.1) is 45.1 Å². The Morgan fingerprint density at radius 3 is 2.36 bits per heavy atom. The van der Waals surface area contributed by atoms with Gasteiger partial charge in [-0.3, -0.25) is 9.59 Å². The lowest BCUT2D eigenvalue weighted by Crippen LogP contribution is -2.32. The van der Waals surface area contributed by atoms with Crippen molar-refractivity contribution in [3.63, 3.8) is 0 Å². The van der Waals surface area contributed by atoms with Gasteiger partial charge < -0.3 is 29.2 Å². The van der Waals surface area contributed by atoms with Crippen molar-refractivity contribution in [1.82, 2.24) is 5.32 Å². The summed E-state index contributed by atoms with van der Waals surface area (Å²) in [5, 5.41) is 3.15. The average Bonchev–Trinajstić information content (AvgIpc) is 3.22. The molecule has 0 aliphatic carbocycles. The molecule has 0 unspecified atom stereocenters. The fraction of sp³-hybridized carbons (Fsp3) is 0.348. The Balaban J connectivity index is 1.70.